The predicted octanol–water partition coefficient (Wildman–Crippen LogP) is 1.29. The van der Waals surface area contributed by atoms with Crippen LogP contribution in [0.25, 0.3) is 0 Å². The van der Waals surface area contributed by atoms with Crippen molar-refractivity contribution in [1.29, 1.82) is 0 Å². The molecule has 2 atom stereocenters. The maximum absolute atomic E-state index is 10.7. The van der Waals surface area contributed by atoms with Gasteiger partial charge in [-0.05, 0) is 32.4 Å². The van der Waals surface area contributed by atoms with Gasteiger partial charge in [0.25, 0.3) is 5.24 Å². The summed E-state index contributed by atoms with van der Waals surface area (Å²) in [5.41, 5.74) is 0. The maximum atomic E-state index is 10.7. The van der Waals surface area contributed by atoms with E-state index in [1.807, 2.05) is 0 Å². The molecule has 0 aromatic rings. The maximum Gasteiger partial charge on any atom is 0.253 e. The van der Waals surface area contributed by atoms with Crippen molar-refractivity contribution in [3.05, 3.63) is 0 Å². The summed E-state index contributed by atoms with van der Waals surface area (Å²) in [5.74, 6) is -0.686. The average molecular weight is 179 g/mol. The first-order valence-electron chi connectivity index (χ1n) is 3.47. The third kappa shape index (κ3) is 1.92. The van der Waals surface area contributed by atoms with Crippen molar-refractivity contribution in [3.63, 3.8) is 0 Å². The van der Waals surface area contributed by atoms with Crippen LogP contribution in [0.4, 0.5) is 0 Å². The minimum absolute atomic E-state index is 0.255. The molecule has 1 rings (SSSR count). The smallest absolute Gasteiger partial charge is 0.253 e. The Morgan fingerprint density at radius 1 is 1.45 bits per heavy atom. The van der Waals surface area contributed by atoms with Gasteiger partial charge in [0.15, 0.2) is 11.9 Å². The van der Waals surface area contributed by atoms with Crippen LogP contribution in [0, 0.1) is 0 Å². The van der Waals surface area contributed by atoms with Gasteiger partial charge in [-0.3, -0.25) is 4.79 Å². The lowest BCUT2D eigenvalue weighted by Crippen LogP contribution is -2.26. The summed E-state index contributed by atoms with van der Waals surface area (Å²) in [6.45, 7) is 5.27. The minimum Gasteiger partial charge on any atom is -0.344 e. The molecule has 0 bridgehead atoms. The number of rotatable bonds is 1. The van der Waals surface area contributed by atoms with E-state index in [0.29, 0.717) is 0 Å². The second-order valence-corrected chi connectivity index (χ2v) is 3.44. The molecule has 1 aliphatic heterocycles. The molecule has 11 heavy (non-hydrogen) atoms. The van der Waals surface area contributed by atoms with Gasteiger partial charge in [0.2, 0.25) is 0 Å². The number of hydrogen-bond donors (Lipinski definition) is 0. The van der Waals surface area contributed by atoms with Gasteiger partial charge in [-0.2, -0.15) is 0 Å². The standard InChI is InChI=1S/C7H11ClO3/c1-4-5(6(8)9)11-7(2,3)10-4/h4-5H,1-3H3/t4-,5+/m0/s1. The summed E-state index contributed by atoms with van der Waals surface area (Å²) in [7, 11) is 0. The van der Waals surface area contributed by atoms with Gasteiger partial charge in [0, 0.05) is 0 Å². The molecule has 3 nitrogen and oxygen atoms in total. The summed E-state index contributed by atoms with van der Waals surface area (Å²) in [4.78, 5) is 10.7. The predicted molar refractivity (Wildman–Crippen MR) is 40.4 cm³/mol. The molecule has 1 fully saturated rings. The van der Waals surface area contributed by atoms with E-state index in [1.165, 1.54) is 0 Å². The number of halogens is 1. The summed E-state index contributed by atoms with van der Waals surface area (Å²) in [6.07, 6.45) is -0.873. The first-order valence-corrected chi connectivity index (χ1v) is 3.85. The number of hydrogen-bond acceptors (Lipinski definition) is 3. The molecule has 0 saturated carbocycles. The molecule has 0 N–H and O–H groups in total. The highest BCUT2D eigenvalue weighted by molar-refractivity contribution is 6.64. The Morgan fingerprint density at radius 3 is 2.18 bits per heavy atom. The molecule has 0 unspecified atom stereocenters. The van der Waals surface area contributed by atoms with Crippen molar-refractivity contribution in [3.8, 4) is 0 Å². The zero-order valence-corrected chi connectivity index (χ0v) is 7.51. The van der Waals surface area contributed by atoms with Crippen LogP contribution in [0.2, 0.25) is 0 Å². The van der Waals surface area contributed by atoms with E-state index < -0.39 is 17.1 Å². The molecule has 1 heterocycles. The highest BCUT2D eigenvalue weighted by Crippen LogP contribution is 2.28. The second kappa shape index (κ2) is 2.73. The second-order valence-electron chi connectivity index (χ2n) is 3.07. The third-order valence-electron chi connectivity index (χ3n) is 1.53. The van der Waals surface area contributed by atoms with Crippen molar-refractivity contribution < 1.29 is 14.3 Å². The SMILES string of the molecule is C[C@@H]1OC(C)(C)O[C@H]1C(=O)Cl. The van der Waals surface area contributed by atoms with Crippen molar-refractivity contribution in [2.75, 3.05) is 0 Å². The molecule has 64 valence electrons. The van der Waals surface area contributed by atoms with Gasteiger partial charge in [0.1, 0.15) is 0 Å². The van der Waals surface area contributed by atoms with E-state index in [9.17, 15) is 4.79 Å². The van der Waals surface area contributed by atoms with Gasteiger partial charge in [-0.1, -0.05) is 0 Å². The zero-order valence-electron chi connectivity index (χ0n) is 6.76. The van der Waals surface area contributed by atoms with E-state index >= 15 is 0 Å². The van der Waals surface area contributed by atoms with Gasteiger partial charge < -0.3 is 9.47 Å². The Hall–Kier alpha value is -0.120. The van der Waals surface area contributed by atoms with Crippen molar-refractivity contribution >= 4 is 16.8 Å². The van der Waals surface area contributed by atoms with Crippen LogP contribution in [0.3, 0.4) is 0 Å². The highest BCUT2D eigenvalue weighted by Gasteiger charge is 2.41. The largest absolute Gasteiger partial charge is 0.344 e. The van der Waals surface area contributed by atoms with Gasteiger partial charge in [-0.25, -0.2) is 0 Å². The van der Waals surface area contributed by atoms with E-state index in [4.69, 9.17) is 21.1 Å². The van der Waals surface area contributed by atoms with Crippen molar-refractivity contribution in [2.45, 2.75) is 38.8 Å². The first-order chi connectivity index (χ1) is 4.92. The monoisotopic (exact) mass is 178 g/mol. The van der Waals surface area contributed by atoms with Crippen LogP contribution in [-0.4, -0.2) is 23.2 Å². The molecule has 4 heteroatoms. The van der Waals surface area contributed by atoms with E-state index in [-0.39, 0.29) is 6.10 Å². The Balaban J connectivity index is 2.66. The molecule has 0 spiro atoms. The van der Waals surface area contributed by atoms with Crippen LogP contribution >= 0.6 is 11.6 Å². The third-order valence-corrected chi connectivity index (χ3v) is 1.75. The number of carbonyl (C=O) groups is 1. The lowest BCUT2D eigenvalue weighted by molar-refractivity contribution is -0.150. The molecule has 0 amide bonds. The number of carbonyl (C=O) groups excluding carboxylic acids is 1. The van der Waals surface area contributed by atoms with E-state index in [2.05, 4.69) is 0 Å². The minimum atomic E-state index is -0.686. The van der Waals surface area contributed by atoms with Gasteiger partial charge in [-0.15, -0.1) is 0 Å². The zero-order chi connectivity index (χ0) is 8.65. The Kier molecular flexibility index (Phi) is 2.23. The Morgan fingerprint density at radius 2 is 2.00 bits per heavy atom. The molecule has 1 saturated heterocycles. The van der Waals surface area contributed by atoms with Crippen molar-refractivity contribution in [2.24, 2.45) is 0 Å². The average Bonchev–Trinajstić information content (AvgIpc) is 2.05. The molecule has 0 aliphatic carbocycles. The van der Waals surface area contributed by atoms with Crippen molar-refractivity contribution in [1.82, 2.24) is 0 Å². The number of ether oxygens (including phenoxy) is 2. The molecular formula is C7H11ClO3. The van der Waals surface area contributed by atoms with E-state index in [1.54, 1.807) is 20.8 Å². The highest BCUT2D eigenvalue weighted by atomic mass is 35.5. The quantitative estimate of drug-likeness (QED) is 0.568. The Labute approximate surface area is 70.6 Å². The first kappa shape index (κ1) is 8.97. The van der Waals surface area contributed by atoms with Crippen LogP contribution in [-0.2, 0) is 14.3 Å². The molecule has 1 aliphatic rings. The van der Waals surface area contributed by atoms with Crippen LogP contribution < -0.4 is 0 Å². The Bertz CT molecular complexity index is 179. The molecule has 0 radical (unpaired) electrons. The summed E-state index contributed by atoms with van der Waals surface area (Å²) in [6, 6.07) is 0. The van der Waals surface area contributed by atoms with Crippen LogP contribution in [0.5, 0.6) is 0 Å². The van der Waals surface area contributed by atoms with Crippen LogP contribution in [0.15, 0.2) is 0 Å². The fraction of sp³-hybridized carbons (Fsp3) is 0.857. The summed E-state index contributed by atoms with van der Waals surface area (Å²) < 4.78 is 10.5. The molecule has 0 aromatic carbocycles. The molecular weight excluding hydrogens is 168 g/mol. The summed E-state index contributed by atoms with van der Waals surface area (Å²) in [5, 5.41) is -0.497. The van der Waals surface area contributed by atoms with Gasteiger partial charge >= 0.3 is 0 Å². The van der Waals surface area contributed by atoms with E-state index in [0.717, 1.165) is 0 Å². The fourth-order valence-corrected chi connectivity index (χ4v) is 1.39. The fourth-order valence-electron chi connectivity index (χ4n) is 1.17. The lowest BCUT2D eigenvalue weighted by Gasteiger charge is -2.15. The summed E-state index contributed by atoms with van der Waals surface area (Å²) >= 11 is 5.26. The lowest BCUT2D eigenvalue weighted by atomic mass is 10.2. The van der Waals surface area contributed by atoms with Crippen LogP contribution in [0.1, 0.15) is 20.8 Å². The normalized spacial score (nSPS) is 35.6. The topological polar surface area (TPSA) is 35.5 Å². The molecule has 0 aromatic heterocycles. The van der Waals surface area contributed by atoms with Gasteiger partial charge in [0.05, 0.1) is 6.10 Å².